The fraction of sp³-hybridized carbons (Fsp3) is 0.364. The van der Waals surface area contributed by atoms with Crippen molar-refractivity contribution in [1.29, 1.82) is 0 Å². The Hall–Kier alpha value is -2.12. The standard InChI is InChI=1S/C22H23FN2O2S2/c23-17-8-2-1-6-15(17)12-20-22(27)25(18-9-3-4-10-19(18)29-20)14-21(26)24-13-16-7-5-11-28-16/h1-2,5-8,11-12,18-19H,3-4,9-10,13-14H2,(H,24,26)/b20-12-. The van der Waals surface area contributed by atoms with E-state index in [0.717, 1.165) is 30.6 Å². The Bertz CT molecular complexity index is 913. The number of carbonyl (C=O) groups excluding carboxylic acids is 2. The molecule has 1 aromatic heterocycles. The summed E-state index contributed by atoms with van der Waals surface area (Å²) in [6.07, 6.45) is 5.73. The maximum Gasteiger partial charge on any atom is 0.261 e. The van der Waals surface area contributed by atoms with E-state index in [9.17, 15) is 14.0 Å². The van der Waals surface area contributed by atoms with E-state index in [1.54, 1.807) is 52.3 Å². The molecule has 1 N–H and O–H groups in total. The molecule has 152 valence electrons. The molecular formula is C22H23FN2O2S2. The Kier molecular flexibility index (Phi) is 6.35. The summed E-state index contributed by atoms with van der Waals surface area (Å²) in [5, 5.41) is 5.14. The summed E-state index contributed by atoms with van der Waals surface area (Å²) in [6, 6.07) is 10.4. The number of amides is 2. The number of rotatable bonds is 5. The molecule has 2 amide bonds. The molecule has 4 nitrogen and oxygen atoms in total. The number of nitrogens with zero attached hydrogens (tertiary/aromatic N) is 1. The minimum atomic E-state index is -0.348. The topological polar surface area (TPSA) is 49.4 Å². The second kappa shape index (κ2) is 9.13. The predicted octanol–water partition coefficient (Wildman–Crippen LogP) is 4.43. The first-order chi connectivity index (χ1) is 14.1. The molecule has 1 aromatic carbocycles. The van der Waals surface area contributed by atoms with Gasteiger partial charge in [-0.05, 0) is 36.4 Å². The Balaban J connectivity index is 1.52. The van der Waals surface area contributed by atoms with Crippen LogP contribution in [0.5, 0.6) is 0 Å². The summed E-state index contributed by atoms with van der Waals surface area (Å²) in [7, 11) is 0. The third-order valence-electron chi connectivity index (χ3n) is 5.36. The number of hydrogen-bond acceptors (Lipinski definition) is 4. The minimum absolute atomic E-state index is 0.0422. The number of halogens is 1. The van der Waals surface area contributed by atoms with E-state index in [4.69, 9.17) is 0 Å². The highest BCUT2D eigenvalue weighted by Gasteiger charge is 2.41. The van der Waals surface area contributed by atoms with Gasteiger partial charge in [-0.15, -0.1) is 23.1 Å². The lowest BCUT2D eigenvalue weighted by Crippen LogP contribution is -2.54. The molecule has 2 fully saturated rings. The molecule has 2 unspecified atom stereocenters. The summed E-state index contributed by atoms with van der Waals surface area (Å²) in [4.78, 5) is 29.1. The molecule has 1 aliphatic heterocycles. The van der Waals surface area contributed by atoms with Gasteiger partial charge in [0, 0.05) is 21.7 Å². The van der Waals surface area contributed by atoms with Crippen molar-refractivity contribution < 1.29 is 14.0 Å². The molecule has 1 saturated carbocycles. The fourth-order valence-corrected chi connectivity index (χ4v) is 6.01. The number of nitrogens with one attached hydrogen (secondary N) is 1. The van der Waals surface area contributed by atoms with Gasteiger partial charge in [0.2, 0.25) is 5.91 Å². The maximum absolute atomic E-state index is 14.1. The minimum Gasteiger partial charge on any atom is -0.350 e. The summed E-state index contributed by atoms with van der Waals surface area (Å²) in [6.45, 7) is 0.514. The van der Waals surface area contributed by atoms with Gasteiger partial charge in [0.1, 0.15) is 12.4 Å². The SMILES string of the molecule is O=C(CN1C(=O)/C(=C/c2ccccc2F)SC2CCCCC21)NCc1cccs1. The van der Waals surface area contributed by atoms with E-state index in [2.05, 4.69) is 5.32 Å². The van der Waals surface area contributed by atoms with Crippen LogP contribution in [0.2, 0.25) is 0 Å². The lowest BCUT2D eigenvalue weighted by atomic mass is 9.93. The second-order valence-electron chi connectivity index (χ2n) is 7.33. The Morgan fingerprint density at radius 2 is 2.03 bits per heavy atom. The monoisotopic (exact) mass is 430 g/mol. The van der Waals surface area contributed by atoms with Crippen LogP contribution in [0.4, 0.5) is 4.39 Å². The van der Waals surface area contributed by atoms with Crippen LogP contribution in [-0.4, -0.2) is 34.6 Å². The molecule has 2 aliphatic rings. The van der Waals surface area contributed by atoms with Crippen LogP contribution in [-0.2, 0) is 16.1 Å². The van der Waals surface area contributed by atoms with Gasteiger partial charge < -0.3 is 10.2 Å². The average Bonchev–Trinajstić information content (AvgIpc) is 3.25. The van der Waals surface area contributed by atoms with Gasteiger partial charge in [0.05, 0.1) is 11.4 Å². The zero-order valence-electron chi connectivity index (χ0n) is 16.0. The molecule has 0 spiro atoms. The number of carbonyl (C=O) groups is 2. The average molecular weight is 431 g/mol. The van der Waals surface area contributed by atoms with E-state index in [0.29, 0.717) is 17.0 Å². The van der Waals surface area contributed by atoms with Gasteiger partial charge >= 0.3 is 0 Å². The summed E-state index contributed by atoms with van der Waals surface area (Å²) < 4.78 is 14.1. The van der Waals surface area contributed by atoms with Crippen molar-refractivity contribution in [3.05, 3.63) is 62.9 Å². The Labute approximate surface area is 178 Å². The van der Waals surface area contributed by atoms with Gasteiger partial charge in [-0.3, -0.25) is 9.59 Å². The number of fused-ring (bicyclic) bond motifs is 1. The quantitative estimate of drug-likeness (QED) is 0.714. The molecule has 2 heterocycles. The van der Waals surface area contributed by atoms with Crippen molar-refractivity contribution in [3.8, 4) is 0 Å². The summed E-state index contributed by atoms with van der Waals surface area (Å²) in [5.74, 6) is -0.680. The van der Waals surface area contributed by atoms with Gasteiger partial charge in [0.15, 0.2) is 0 Å². The van der Waals surface area contributed by atoms with E-state index >= 15 is 0 Å². The zero-order chi connectivity index (χ0) is 20.2. The van der Waals surface area contributed by atoms with Crippen molar-refractivity contribution in [3.63, 3.8) is 0 Å². The second-order valence-corrected chi connectivity index (χ2v) is 9.64. The maximum atomic E-state index is 14.1. The molecular weight excluding hydrogens is 407 g/mol. The van der Waals surface area contributed by atoms with E-state index in [-0.39, 0.29) is 35.5 Å². The molecule has 0 bridgehead atoms. The third kappa shape index (κ3) is 4.73. The molecule has 1 saturated heterocycles. The highest BCUT2D eigenvalue weighted by molar-refractivity contribution is 8.04. The van der Waals surface area contributed by atoms with Gasteiger partial charge in [-0.25, -0.2) is 4.39 Å². The number of benzene rings is 1. The highest BCUT2D eigenvalue weighted by Crippen LogP contribution is 2.42. The van der Waals surface area contributed by atoms with Crippen LogP contribution in [0.1, 0.15) is 36.1 Å². The first-order valence-electron chi connectivity index (χ1n) is 9.85. The Morgan fingerprint density at radius 3 is 2.83 bits per heavy atom. The van der Waals surface area contributed by atoms with Crippen LogP contribution in [0.25, 0.3) is 6.08 Å². The van der Waals surface area contributed by atoms with Crippen LogP contribution in [0, 0.1) is 5.82 Å². The largest absolute Gasteiger partial charge is 0.350 e. The smallest absolute Gasteiger partial charge is 0.261 e. The zero-order valence-corrected chi connectivity index (χ0v) is 17.6. The normalized spacial score (nSPS) is 23.1. The molecule has 1 aliphatic carbocycles. The molecule has 7 heteroatoms. The van der Waals surface area contributed by atoms with Crippen molar-refractivity contribution in [1.82, 2.24) is 10.2 Å². The van der Waals surface area contributed by atoms with Crippen molar-refractivity contribution >= 4 is 41.0 Å². The van der Waals surface area contributed by atoms with Crippen LogP contribution < -0.4 is 5.32 Å². The predicted molar refractivity (Wildman–Crippen MR) is 116 cm³/mol. The summed E-state index contributed by atoms with van der Waals surface area (Å²) in [5.41, 5.74) is 0.403. The molecule has 4 rings (SSSR count). The molecule has 29 heavy (non-hydrogen) atoms. The molecule has 2 aromatic rings. The number of thiophene rings is 1. The lowest BCUT2D eigenvalue weighted by Gasteiger charge is -2.43. The van der Waals surface area contributed by atoms with E-state index < -0.39 is 0 Å². The van der Waals surface area contributed by atoms with E-state index in [1.807, 2.05) is 17.5 Å². The van der Waals surface area contributed by atoms with Crippen molar-refractivity contribution in [2.75, 3.05) is 6.54 Å². The first kappa shape index (κ1) is 20.2. The highest BCUT2D eigenvalue weighted by atomic mass is 32.2. The summed E-state index contributed by atoms with van der Waals surface area (Å²) >= 11 is 3.13. The number of thioether (sulfide) groups is 1. The molecule has 0 radical (unpaired) electrons. The van der Waals surface area contributed by atoms with Crippen molar-refractivity contribution in [2.45, 2.75) is 43.5 Å². The Morgan fingerprint density at radius 1 is 1.21 bits per heavy atom. The van der Waals surface area contributed by atoms with Crippen LogP contribution in [0.3, 0.4) is 0 Å². The van der Waals surface area contributed by atoms with Crippen LogP contribution in [0.15, 0.2) is 46.7 Å². The van der Waals surface area contributed by atoms with Gasteiger partial charge in [-0.1, -0.05) is 37.1 Å². The molecule has 2 atom stereocenters. The number of hydrogen-bond donors (Lipinski definition) is 1. The third-order valence-corrected chi connectivity index (χ3v) is 7.64. The fourth-order valence-electron chi connectivity index (χ4n) is 3.90. The first-order valence-corrected chi connectivity index (χ1v) is 11.6. The van der Waals surface area contributed by atoms with Crippen molar-refractivity contribution in [2.24, 2.45) is 0 Å². The van der Waals surface area contributed by atoms with E-state index in [1.165, 1.54) is 6.07 Å². The lowest BCUT2D eigenvalue weighted by molar-refractivity contribution is -0.135. The van der Waals surface area contributed by atoms with Crippen LogP contribution >= 0.6 is 23.1 Å². The van der Waals surface area contributed by atoms with Gasteiger partial charge in [-0.2, -0.15) is 0 Å². The van der Waals surface area contributed by atoms with Gasteiger partial charge in [0.25, 0.3) is 5.91 Å².